The van der Waals surface area contributed by atoms with Gasteiger partial charge in [0, 0.05) is 37.6 Å². The Morgan fingerprint density at radius 2 is 2.04 bits per heavy atom. The molecule has 0 fully saturated rings. The molecule has 0 saturated heterocycles. The first kappa shape index (κ1) is 21.1. The van der Waals surface area contributed by atoms with Crippen LogP contribution in [-0.2, 0) is 24.4 Å². The molecule has 1 unspecified atom stereocenters. The Morgan fingerprint density at radius 1 is 1.22 bits per heavy atom. The largest absolute Gasteiger partial charge is 0.496 e. The van der Waals surface area contributed by atoms with E-state index < -0.39 is 6.10 Å². The number of allylic oxidation sites excluding steroid dienone is 1. The van der Waals surface area contributed by atoms with Crippen LogP contribution in [0, 0.1) is 11.8 Å². The van der Waals surface area contributed by atoms with Crippen molar-refractivity contribution >= 4 is 45.9 Å². The Balaban J connectivity index is 1.54. The Labute approximate surface area is 177 Å². The predicted molar refractivity (Wildman–Crippen MR) is 111 cm³/mol. The van der Waals surface area contributed by atoms with Gasteiger partial charge in [-0.05, 0) is 31.1 Å². The summed E-state index contributed by atoms with van der Waals surface area (Å²) in [6, 6.07) is 3.89. The zero-order chi connectivity index (χ0) is 19.4. The molecular formula is C19H22Cl2O4S2. The second-order valence-corrected chi connectivity index (χ2v) is 9.66. The summed E-state index contributed by atoms with van der Waals surface area (Å²) in [5, 5.41) is 22.3. The molecule has 0 aromatic carbocycles. The first-order valence-corrected chi connectivity index (χ1v) is 11.1. The van der Waals surface area contributed by atoms with Crippen LogP contribution in [0.1, 0.15) is 21.7 Å². The van der Waals surface area contributed by atoms with Crippen molar-refractivity contribution in [3.05, 3.63) is 48.3 Å². The van der Waals surface area contributed by atoms with Gasteiger partial charge in [0.15, 0.2) is 0 Å². The molecule has 3 atom stereocenters. The third kappa shape index (κ3) is 5.26. The van der Waals surface area contributed by atoms with E-state index in [0.29, 0.717) is 22.6 Å². The van der Waals surface area contributed by atoms with Gasteiger partial charge in [-0.3, -0.25) is 0 Å². The molecule has 0 spiro atoms. The van der Waals surface area contributed by atoms with Gasteiger partial charge < -0.3 is 19.7 Å². The first-order chi connectivity index (χ1) is 13.0. The van der Waals surface area contributed by atoms with Crippen LogP contribution in [-0.4, -0.2) is 30.0 Å². The zero-order valence-electron chi connectivity index (χ0n) is 14.9. The maximum atomic E-state index is 10.3. The lowest BCUT2D eigenvalue weighted by molar-refractivity contribution is 0.0292. The number of hydrogen-bond acceptors (Lipinski definition) is 6. The molecular weight excluding hydrogens is 427 g/mol. The fraction of sp³-hybridized carbons (Fsp3) is 0.474. The van der Waals surface area contributed by atoms with Gasteiger partial charge in [0.2, 0.25) is 0 Å². The fourth-order valence-electron chi connectivity index (χ4n) is 3.25. The molecule has 1 aliphatic carbocycles. The van der Waals surface area contributed by atoms with Gasteiger partial charge in [0.25, 0.3) is 0 Å². The molecule has 0 bridgehead atoms. The average molecular weight is 449 g/mol. The Bertz CT molecular complexity index is 787. The van der Waals surface area contributed by atoms with Crippen molar-refractivity contribution in [2.75, 3.05) is 13.7 Å². The van der Waals surface area contributed by atoms with Crippen molar-refractivity contribution in [2.45, 2.75) is 32.2 Å². The van der Waals surface area contributed by atoms with E-state index in [1.807, 2.05) is 17.5 Å². The van der Waals surface area contributed by atoms with Crippen LogP contribution in [0.15, 0.2) is 28.6 Å². The molecule has 0 radical (unpaired) electrons. The maximum Gasteiger partial charge on any atom is 0.129 e. The van der Waals surface area contributed by atoms with Crippen LogP contribution in [0.4, 0.5) is 0 Å². The summed E-state index contributed by atoms with van der Waals surface area (Å²) in [5.41, 5.74) is 0.760. The quantitative estimate of drug-likeness (QED) is 0.575. The second kappa shape index (κ2) is 9.74. The van der Waals surface area contributed by atoms with Gasteiger partial charge >= 0.3 is 0 Å². The minimum Gasteiger partial charge on any atom is -0.496 e. The molecule has 2 aromatic heterocycles. The molecule has 1 aliphatic rings. The van der Waals surface area contributed by atoms with E-state index in [-0.39, 0.29) is 18.4 Å². The van der Waals surface area contributed by atoms with E-state index in [9.17, 15) is 10.2 Å². The molecule has 0 aliphatic heterocycles. The van der Waals surface area contributed by atoms with Crippen molar-refractivity contribution in [3.63, 3.8) is 0 Å². The van der Waals surface area contributed by atoms with E-state index in [4.69, 9.17) is 32.7 Å². The van der Waals surface area contributed by atoms with Crippen LogP contribution < -0.4 is 4.74 Å². The van der Waals surface area contributed by atoms with Gasteiger partial charge in [0.1, 0.15) is 5.75 Å². The van der Waals surface area contributed by atoms with Crippen molar-refractivity contribution < 1.29 is 19.7 Å². The lowest BCUT2D eigenvalue weighted by Crippen LogP contribution is -2.26. The number of aliphatic hydroxyl groups excluding tert-OH is 2. The third-order valence-corrected chi connectivity index (χ3v) is 7.53. The lowest BCUT2D eigenvalue weighted by atomic mass is 9.90. The highest BCUT2D eigenvalue weighted by Gasteiger charge is 2.35. The summed E-state index contributed by atoms with van der Waals surface area (Å²) >= 11 is 15.6. The standard InChI is InChI=1S/C19H22Cl2O4S2/c1-24-12-5-14(26-10-12)8-25-9-16-15(17(20)6-18(16)23)3-2-13-4-11(7-22)19(21)27-13/h4-6,10,15-16,18,22-23H,2-3,7-9H2,1H3/t15-,16-,18?/m1/s1. The van der Waals surface area contributed by atoms with E-state index in [0.717, 1.165) is 33.9 Å². The summed E-state index contributed by atoms with van der Waals surface area (Å²) in [6.45, 7) is 0.871. The summed E-state index contributed by atoms with van der Waals surface area (Å²) in [7, 11) is 1.64. The number of ether oxygens (including phenoxy) is 2. The second-order valence-electron chi connectivity index (χ2n) is 6.49. The predicted octanol–water partition coefficient (Wildman–Crippen LogP) is 4.84. The van der Waals surface area contributed by atoms with Crippen LogP contribution in [0.5, 0.6) is 5.75 Å². The number of thiophene rings is 2. The number of methoxy groups -OCH3 is 1. The van der Waals surface area contributed by atoms with Crippen LogP contribution in [0.3, 0.4) is 0 Å². The Kier molecular flexibility index (Phi) is 7.62. The summed E-state index contributed by atoms with van der Waals surface area (Å²) in [4.78, 5) is 2.19. The summed E-state index contributed by atoms with van der Waals surface area (Å²) < 4.78 is 11.7. The van der Waals surface area contributed by atoms with Gasteiger partial charge in [-0.15, -0.1) is 22.7 Å². The van der Waals surface area contributed by atoms with E-state index in [2.05, 4.69) is 0 Å². The van der Waals surface area contributed by atoms with E-state index in [1.165, 1.54) is 11.3 Å². The minimum atomic E-state index is -0.597. The van der Waals surface area contributed by atoms with E-state index in [1.54, 1.807) is 24.5 Å². The van der Waals surface area contributed by atoms with Gasteiger partial charge in [-0.1, -0.05) is 23.2 Å². The van der Waals surface area contributed by atoms with Crippen molar-refractivity contribution in [2.24, 2.45) is 11.8 Å². The number of aliphatic hydroxyl groups is 2. The molecule has 27 heavy (non-hydrogen) atoms. The van der Waals surface area contributed by atoms with Gasteiger partial charge in [-0.25, -0.2) is 0 Å². The lowest BCUT2D eigenvalue weighted by Gasteiger charge is -2.23. The van der Waals surface area contributed by atoms with E-state index >= 15 is 0 Å². The molecule has 0 amide bonds. The summed E-state index contributed by atoms with van der Waals surface area (Å²) in [6.07, 6.45) is 2.72. The number of hydrogen-bond donors (Lipinski definition) is 2. The number of halogens is 2. The molecule has 8 heteroatoms. The smallest absolute Gasteiger partial charge is 0.129 e. The van der Waals surface area contributed by atoms with Crippen LogP contribution >= 0.6 is 45.9 Å². The molecule has 2 heterocycles. The third-order valence-electron chi connectivity index (χ3n) is 4.74. The molecule has 4 nitrogen and oxygen atoms in total. The normalized spacial score (nSPS) is 22.3. The molecule has 3 rings (SSSR count). The average Bonchev–Trinajstić information content (AvgIpc) is 3.32. The molecule has 0 saturated carbocycles. The highest BCUT2D eigenvalue weighted by atomic mass is 35.5. The molecule has 2 aromatic rings. The zero-order valence-corrected chi connectivity index (χ0v) is 18.0. The van der Waals surface area contributed by atoms with Gasteiger partial charge in [0.05, 0.1) is 37.4 Å². The Morgan fingerprint density at radius 3 is 2.70 bits per heavy atom. The molecule has 2 N–H and O–H groups in total. The van der Waals surface area contributed by atoms with Crippen LogP contribution in [0.25, 0.3) is 0 Å². The number of rotatable bonds is 9. The highest BCUT2D eigenvalue weighted by Crippen LogP contribution is 2.39. The summed E-state index contributed by atoms with van der Waals surface area (Å²) in [5.74, 6) is 0.823. The van der Waals surface area contributed by atoms with Crippen molar-refractivity contribution in [1.29, 1.82) is 0 Å². The maximum absolute atomic E-state index is 10.3. The van der Waals surface area contributed by atoms with Crippen LogP contribution in [0.2, 0.25) is 4.34 Å². The fourth-order valence-corrected chi connectivity index (χ4v) is 5.73. The monoisotopic (exact) mass is 448 g/mol. The minimum absolute atomic E-state index is 0.0535. The first-order valence-electron chi connectivity index (χ1n) is 8.64. The molecule has 148 valence electrons. The topological polar surface area (TPSA) is 58.9 Å². The van der Waals surface area contributed by atoms with Gasteiger partial charge in [-0.2, -0.15) is 0 Å². The SMILES string of the molecule is COc1csc(COC[C@H]2C(O)C=C(Cl)[C@@H]2CCc2cc(CO)c(Cl)s2)c1. The highest BCUT2D eigenvalue weighted by molar-refractivity contribution is 7.16. The van der Waals surface area contributed by atoms with Crippen molar-refractivity contribution in [1.82, 2.24) is 0 Å². The van der Waals surface area contributed by atoms with Crippen molar-refractivity contribution in [3.8, 4) is 5.75 Å². The Hall–Kier alpha value is -0.600. The number of aryl methyl sites for hydroxylation is 1.